The highest BCUT2D eigenvalue weighted by Crippen LogP contribution is 2.28. The number of piperidine rings is 1. The Morgan fingerprint density at radius 1 is 1.00 bits per heavy atom. The minimum Gasteiger partial charge on any atom is -0.340 e. The van der Waals surface area contributed by atoms with Crippen LogP contribution in [0.5, 0.6) is 0 Å². The summed E-state index contributed by atoms with van der Waals surface area (Å²) in [7, 11) is 0. The fraction of sp³-hybridized carbons (Fsp3) is 0.941. The predicted molar refractivity (Wildman–Crippen MR) is 85.2 cm³/mol. The van der Waals surface area contributed by atoms with E-state index in [-0.39, 0.29) is 5.92 Å². The largest absolute Gasteiger partial charge is 0.340 e. The zero-order valence-corrected chi connectivity index (χ0v) is 13.5. The number of amides is 1. The van der Waals surface area contributed by atoms with Crippen LogP contribution in [0.4, 0.5) is 0 Å². The summed E-state index contributed by atoms with van der Waals surface area (Å²) in [6, 6.07) is 0.787. The minimum absolute atomic E-state index is 0.237. The Hall–Kier alpha value is -0.610. The number of nitrogens with zero attached hydrogens (tertiary/aromatic N) is 2. The summed E-state index contributed by atoms with van der Waals surface area (Å²) in [6.07, 6.45) is 7.72. The average Bonchev–Trinajstić information content (AvgIpc) is 2.56. The lowest BCUT2D eigenvalue weighted by Gasteiger charge is -2.42. The van der Waals surface area contributed by atoms with E-state index in [0.29, 0.717) is 5.91 Å². The van der Waals surface area contributed by atoms with Crippen molar-refractivity contribution in [2.45, 2.75) is 51.5 Å². The normalized spacial score (nSPS) is 35.7. The molecule has 1 saturated carbocycles. The first-order chi connectivity index (χ1) is 10.2. The number of carbonyl (C=O) groups is 1. The summed E-state index contributed by atoms with van der Waals surface area (Å²) in [6.45, 7) is 8.42. The van der Waals surface area contributed by atoms with E-state index in [1.54, 1.807) is 0 Å². The van der Waals surface area contributed by atoms with Crippen LogP contribution in [0.2, 0.25) is 0 Å². The Morgan fingerprint density at radius 2 is 1.71 bits per heavy atom. The van der Waals surface area contributed by atoms with Crippen molar-refractivity contribution in [1.29, 1.82) is 0 Å². The van der Waals surface area contributed by atoms with Gasteiger partial charge in [0.25, 0.3) is 0 Å². The molecule has 1 aliphatic carbocycles. The predicted octanol–water partition coefficient (Wildman–Crippen LogP) is 1.71. The fourth-order valence-corrected chi connectivity index (χ4v) is 4.24. The Kier molecular flexibility index (Phi) is 5.17. The molecule has 1 unspecified atom stereocenters. The van der Waals surface area contributed by atoms with Crippen molar-refractivity contribution < 1.29 is 4.79 Å². The number of rotatable bonds is 2. The maximum atomic E-state index is 12.5. The number of carbonyl (C=O) groups excluding carboxylic acids is 1. The van der Waals surface area contributed by atoms with E-state index in [0.717, 1.165) is 64.1 Å². The van der Waals surface area contributed by atoms with Crippen LogP contribution in [0.15, 0.2) is 0 Å². The van der Waals surface area contributed by atoms with E-state index in [2.05, 4.69) is 22.0 Å². The molecule has 0 spiro atoms. The first kappa shape index (κ1) is 15.3. The van der Waals surface area contributed by atoms with Gasteiger partial charge in [0.05, 0.1) is 5.92 Å². The van der Waals surface area contributed by atoms with Crippen molar-refractivity contribution in [3.8, 4) is 0 Å². The molecule has 0 radical (unpaired) electrons. The molecule has 1 atom stereocenters. The number of hydrogen-bond acceptors (Lipinski definition) is 3. The van der Waals surface area contributed by atoms with Gasteiger partial charge in [-0.3, -0.25) is 9.69 Å². The fourth-order valence-electron chi connectivity index (χ4n) is 4.24. The summed E-state index contributed by atoms with van der Waals surface area (Å²) in [5.41, 5.74) is 0. The Balaban J connectivity index is 1.45. The molecule has 1 amide bonds. The van der Waals surface area contributed by atoms with Gasteiger partial charge < -0.3 is 10.2 Å². The molecule has 2 aliphatic heterocycles. The second kappa shape index (κ2) is 7.10. The summed E-state index contributed by atoms with van der Waals surface area (Å²) < 4.78 is 0. The van der Waals surface area contributed by atoms with Crippen molar-refractivity contribution >= 4 is 5.91 Å². The molecule has 4 heteroatoms. The lowest BCUT2D eigenvalue weighted by Crippen LogP contribution is -2.54. The summed E-state index contributed by atoms with van der Waals surface area (Å²) in [4.78, 5) is 17.3. The zero-order chi connectivity index (χ0) is 14.7. The second-order valence-electron chi connectivity index (χ2n) is 7.32. The van der Waals surface area contributed by atoms with Gasteiger partial charge >= 0.3 is 0 Å². The molecule has 0 aromatic heterocycles. The lowest BCUT2D eigenvalue weighted by atomic mass is 9.86. The molecule has 3 fully saturated rings. The van der Waals surface area contributed by atoms with Crippen LogP contribution >= 0.6 is 0 Å². The lowest BCUT2D eigenvalue weighted by molar-refractivity contribution is -0.138. The van der Waals surface area contributed by atoms with E-state index in [1.807, 2.05) is 0 Å². The van der Waals surface area contributed by atoms with Gasteiger partial charge in [0, 0.05) is 38.8 Å². The van der Waals surface area contributed by atoms with Gasteiger partial charge in [-0.1, -0.05) is 6.92 Å². The molecule has 120 valence electrons. The van der Waals surface area contributed by atoms with Crippen molar-refractivity contribution in [2.75, 3.05) is 39.3 Å². The van der Waals surface area contributed by atoms with Gasteiger partial charge in [-0.25, -0.2) is 0 Å². The third-order valence-electron chi connectivity index (χ3n) is 5.77. The summed E-state index contributed by atoms with van der Waals surface area (Å²) in [5, 5.41) is 3.36. The van der Waals surface area contributed by atoms with Crippen LogP contribution in [0.3, 0.4) is 0 Å². The summed E-state index contributed by atoms with van der Waals surface area (Å²) >= 11 is 0. The zero-order valence-electron chi connectivity index (χ0n) is 13.5. The SMILES string of the molecule is CC1CCC(N2CCN(C(=O)C3CCCNC3)CC2)CC1. The van der Waals surface area contributed by atoms with Crippen molar-refractivity contribution in [3.63, 3.8) is 0 Å². The number of hydrogen-bond donors (Lipinski definition) is 1. The topological polar surface area (TPSA) is 35.6 Å². The van der Waals surface area contributed by atoms with Crippen LogP contribution in [-0.2, 0) is 4.79 Å². The molecule has 21 heavy (non-hydrogen) atoms. The number of nitrogens with one attached hydrogen (secondary N) is 1. The van der Waals surface area contributed by atoms with Crippen LogP contribution in [0.25, 0.3) is 0 Å². The molecular formula is C17H31N3O. The Labute approximate surface area is 129 Å². The molecule has 3 aliphatic rings. The quantitative estimate of drug-likeness (QED) is 0.842. The van der Waals surface area contributed by atoms with E-state index in [9.17, 15) is 4.79 Å². The van der Waals surface area contributed by atoms with Gasteiger partial charge in [0.15, 0.2) is 0 Å². The van der Waals surface area contributed by atoms with Crippen LogP contribution < -0.4 is 5.32 Å². The molecule has 0 aromatic rings. The van der Waals surface area contributed by atoms with Crippen LogP contribution in [0, 0.1) is 11.8 Å². The summed E-state index contributed by atoms with van der Waals surface area (Å²) in [5.74, 6) is 1.56. The van der Waals surface area contributed by atoms with Gasteiger partial charge in [-0.2, -0.15) is 0 Å². The Bertz CT molecular complexity index is 338. The monoisotopic (exact) mass is 293 g/mol. The molecular weight excluding hydrogens is 262 g/mol. The standard InChI is InChI=1S/C17H31N3O/c1-14-4-6-16(7-5-14)19-9-11-20(12-10-19)17(21)15-3-2-8-18-13-15/h14-16,18H,2-13H2,1H3. The molecule has 1 N–H and O–H groups in total. The molecule has 0 bridgehead atoms. The third-order valence-corrected chi connectivity index (χ3v) is 5.77. The average molecular weight is 293 g/mol. The van der Waals surface area contributed by atoms with Crippen LogP contribution in [0.1, 0.15) is 45.4 Å². The first-order valence-corrected chi connectivity index (χ1v) is 8.97. The molecule has 2 saturated heterocycles. The van der Waals surface area contributed by atoms with Gasteiger partial charge in [0.1, 0.15) is 0 Å². The first-order valence-electron chi connectivity index (χ1n) is 8.97. The highest BCUT2D eigenvalue weighted by molar-refractivity contribution is 5.79. The van der Waals surface area contributed by atoms with E-state index < -0.39 is 0 Å². The third kappa shape index (κ3) is 3.78. The Morgan fingerprint density at radius 3 is 2.33 bits per heavy atom. The van der Waals surface area contributed by atoms with Gasteiger partial charge in [0.2, 0.25) is 5.91 Å². The van der Waals surface area contributed by atoms with Gasteiger partial charge in [-0.05, 0) is 51.0 Å². The van der Waals surface area contributed by atoms with E-state index in [4.69, 9.17) is 0 Å². The maximum Gasteiger partial charge on any atom is 0.227 e. The van der Waals surface area contributed by atoms with Crippen molar-refractivity contribution in [1.82, 2.24) is 15.1 Å². The van der Waals surface area contributed by atoms with Crippen molar-refractivity contribution in [3.05, 3.63) is 0 Å². The molecule has 4 nitrogen and oxygen atoms in total. The van der Waals surface area contributed by atoms with Crippen LogP contribution in [-0.4, -0.2) is 61.0 Å². The van der Waals surface area contributed by atoms with Crippen molar-refractivity contribution in [2.24, 2.45) is 11.8 Å². The van der Waals surface area contributed by atoms with E-state index >= 15 is 0 Å². The highest BCUT2D eigenvalue weighted by Gasteiger charge is 2.31. The van der Waals surface area contributed by atoms with Gasteiger partial charge in [-0.15, -0.1) is 0 Å². The second-order valence-corrected chi connectivity index (χ2v) is 7.32. The maximum absolute atomic E-state index is 12.5. The highest BCUT2D eigenvalue weighted by atomic mass is 16.2. The molecule has 2 heterocycles. The number of piperazine rings is 1. The minimum atomic E-state index is 0.237. The smallest absolute Gasteiger partial charge is 0.227 e. The molecule has 0 aromatic carbocycles. The van der Waals surface area contributed by atoms with E-state index in [1.165, 1.54) is 25.7 Å². The molecule has 3 rings (SSSR count).